The third-order valence-corrected chi connectivity index (χ3v) is 2.92. The number of ether oxygens (including phenoxy) is 1. The third kappa shape index (κ3) is 5.67. The number of nitrogens with one attached hydrogen (secondary N) is 2. The van der Waals surface area contributed by atoms with Crippen LogP contribution in [-0.4, -0.2) is 26.2 Å². The predicted molar refractivity (Wildman–Crippen MR) is 82.7 cm³/mol. The summed E-state index contributed by atoms with van der Waals surface area (Å²) in [5, 5.41) is 14.6. The van der Waals surface area contributed by atoms with E-state index in [4.69, 9.17) is 10.00 Å². The summed E-state index contributed by atoms with van der Waals surface area (Å²) < 4.78 is 4.83. The molecule has 5 heteroatoms. The molecule has 0 atom stereocenters. The molecular weight excluding hydrogens is 266 g/mol. The molecule has 0 saturated carbocycles. The zero-order valence-electron chi connectivity index (χ0n) is 12.6. The lowest BCUT2D eigenvalue weighted by atomic mass is 10.0. The third-order valence-electron chi connectivity index (χ3n) is 2.92. The molecule has 0 fully saturated rings. The summed E-state index contributed by atoms with van der Waals surface area (Å²) in [7, 11) is 1.55. The first-order valence-electron chi connectivity index (χ1n) is 6.82. The van der Waals surface area contributed by atoms with Gasteiger partial charge in [0.25, 0.3) is 5.91 Å². The summed E-state index contributed by atoms with van der Waals surface area (Å²) in [6, 6.07) is 9.75. The van der Waals surface area contributed by atoms with Crippen LogP contribution < -0.4 is 10.6 Å². The maximum absolute atomic E-state index is 11.7. The van der Waals surface area contributed by atoms with Crippen molar-refractivity contribution in [3.63, 3.8) is 0 Å². The Labute approximate surface area is 125 Å². The van der Waals surface area contributed by atoms with E-state index in [1.54, 1.807) is 7.11 Å². The van der Waals surface area contributed by atoms with Crippen molar-refractivity contribution in [1.29, 1.82) is 5.26 Å². The zero-order valence-corrected chi connectivity index (χ0v) is 12.6. The second-order valence-electron chi connectivity index (χ2n) is 4.84. The molecule has 0 aliphatic carbocycles. The normalized spacial score (nSPS) is 11.1. The van der Waals surface area contributed by atoms with E-state index in [9.17, 15) is 4.79 Å². The second-order valence-corrected chi connectivity index (χ2v) is 4.84. The summed E-state index contributed by atoms with van der Waals surface area (Å²) in [5.74, 6) is 0.0525. The number of anilines is 1. The first-order chi connectivity index (χ1) is 10.1. The van der Waals surface area contributed by atoms with E-state index < -0.39 is 5.91 Å². The average molecular weight is 287 g/mol. The van der Waals surface area contributed by atoms with Gasteiger partial charge in [0.15, 0.2) is 0 Å². The number of benzene rings is 1. The van der Waals surface area contributed by atoms with Gasteiger partial charge in [-0.15, -0.1) is 0 Å². The quantitative estimate of drug-likeness (QED) is 0.459. The minimum Gasteiger partial charge on any atom is -0.383 e. The van der Waals surface area contributed by atoms with Gasteiger partial charge in [0.1, 0.15) is 11.6 Å². The molecular formula is C16H21N3O2. The van der Waals surface area contributed by atoms with E-state index >= 15 is 0 Å². The second kappa shape index (κ2) is 8.77. The summed E-state index contributed by atoms with van der Waals surface area (Å²) in [6.45, 7) is 5.03. The summed E-state index contributed by atoms with van der Waals surface area (Å²) >= 11 is 0. The molecule has 0 radical (unpaired) electrons. The molecule has 0 bridgehead atoms. The van der Waals surface area contributed by atoms with Gasteiger partial charge in [0.05, 0.1) is 6.61 Å². The lowest BCUT2D eigenvalue weighted by molar-refractivity contribution is -0.117. The molecule has 1 rings (SSSR count). The first kappa shape index (κ1) is 16.7. The number of amides is 1. The minimum absolute atomic E-state index is 0.0269. The smallest absolute Gasteiger partial charge is 0.263 e. The maximum atomic E-state index is 11.7. The van der Waals surface area contributed by atoms with Crippen LogP contribution in [0.4, 0.5) is 5.69 Å². The molecule has 1 amide bonds. The molecule has 0 unspecified atom stereocenters. The van der Waals surface area contributed by atoms with Gasteiger partial charge < -0.3 is 15.4 Å². The molecule has 1 aromatic carbocycles. The summed E-state index contributed by atoms with van der Waals surface area (Å²) in [6.07, 6.45) is 1.41. The highest BCUT2D eigenvalue weighted by atomic mass is 16.5. The van der Waals surface area contributed by atoms with Gasteiger partial charge >= 0.3 is 0 Å². The van der Waals surface area contributed by atoms with Gasteiger partial charge in [-0.2, -0.15) is 5.26 Å². The van der Waals surface area contributed by atoms with Crippen molar-refractivity contribution >= 4 is 11.6 Å². The standard InChI is InChI=1S/C16H21N3O2/c1-12(2)13-4-6-15(7-5-13)19-11-14(10-17)16(20)18-8-9-21-3/h4-7,11-12,19H,8-9H2,1-3H3,(H,18,20)/b14-11-. The monoisotopic (exact) mass is 287 g/mol. The molecule has 2 N–H and O–H groups in total. The fraction of sp³-hybridized carbons (Fsp3) is 0.375. The molecule has 21 heavy (non-hydrogen) atoms. The Balaban J connectivity index is 2.63. The first-order valence-corrected chi connectivity index (χ1v) is 6.82. The van der Waals surface area contributed by atoms with Crippen LogP contribution in [0, 0.1) is 11.3 Å². The Kier molecular flexibility index (Phi) is 6.99. The van der Waals surface area contributed by atoms with Crippen molar-refractivity contribution in [3.8, 4) is 6.07 Å². The van der Waals surface area contributed by atoms with Crippen LogP contribution >= 0.6 is 0 Å². The molecule has 0 heterocycles. The Hall–Kier alpha value is -2.32. The Morgan fingerprint density at radius 2 is 2.05 bits per heavy atom. The molecule has 0 spiro atoms. The number of nitriles is 1. The van der Waals surface area contributed by atoms with Crippen molar-refractivity contribution in [2.75, 3.05) is 25.6 Å². The Morgan fingerprint density at radius 3 is 2.57 bits per heavy atom. The lowest BCUT2D eigenvalue weighted by Crippen LogP contribution is -2.28. The fourth-order valence-electron chi connectivity index (χ4n) is 1.63. The average Bonchev–Trinajstić information content (AvgIpc) is 2.48. The number of hydrogen-bond acceptors (Lipinski definition) is 4. The van der Waals surface area contributed by atoms with E-state index in [0.717, 1.165) is 5.69 Å². The van der Waals surface area contributed by atoms with Crippen LogP contribution in [-0.2, 0) is 9.53 Å². The van der Waals surface area contributed by atoms with Crippen LogP contribution in [0.15, 0.2) is 36.0 Å². The van der Waals surface area contributed by atoms with Crippen molar-refractivity contribution in [2.45, 2.75) is 19.8 Å². The largest absolute Gasteiger partial charge is 0.383 e. The molecule has 5 nitrogen and oxygen atoms in total. The molecule has 0 aromatic heterocycles. The molecule has 0 aliphatic rings. The van der Waals surface area contributed by atoms with Gasteiger partial charge in [-0.1, -0.05) is 26.0 Å². The van der Waals surface area contributed by atoms with E-state index in [2.05, 4.69) is 24.5 Å². The van der Waals surface area contributed by atoms with E-state index in [1.807, 2.05) is 30.3 Å². The Morgan fingerprint density at radius 1 is 1.38 bits per heavy atom. The van der Waals surface area contributed by atoms with E-state index in [-0.39, 0.29) is 5.57 Å². The van der Waals surface area contributed by atoms with E-state index in [1.165, 1.54) is 11.8 Å². The highest BCUT2D eigenvalue weighted by molar-refractivity contribution is 5.97. The highest BCUT2D eigenvalue weighted by Gasteiger charge is 2.07. The summed E-state index contributed by atoms with van der Waals surface area (Å²) in [4.78, 5) is 11.7. The van der Waals surface area contributed by atoms with Crippen molar-refractivity contribution in [2.24, 2.45) is 0 Å². The van der Waals surface area contributed by atoms with Crippen LogP contribution in [0.1, 0.15) is 25.3 Å². The molecule has 0 aliphatic heterocycles. The highest BCUT2D eigenvalue weighted by Crippen LogP contribution is 2.17. The predicted octanol–water partition coefficient (Wildman–Crippen LogP) is 2.39. The van der Waals surface area contributed by atoms with E-state index in [0.29, 0.717) is 19.1 Å². The van der Waals surface area contributed by atoms with Crippen molar-refractivity contribution in [1.82, 2.24) is 5.32 Å². The number of methoxy groups -OCH3 is 1. The van der Waals surface area contributed by atoms with Crippen LogP contribution in [0.5, 0.6) is 0 Å². The van der Waals surface area contributed by atoms with Crippen molar-refractivity contribution < 1.29 is 9.53 Å². The molecule has 1 aromatic rings. The Bertz CT molecular complexity index is 527. The van der Waals surface area contributed by atoms with Gasteiger partial charge in [0, 0.05) is 25.5 Å². The molecule has 0 saturated heterocycles. The summed E-state index contributed by atoms with van der Waals surface area (Å²) in [5.41, 5.74) is 2.10. The van der Waals surface area contributed by atoms with Gasteiger partial charge in [-0.05, 0) is 23.6 Å². The lowest BCUT2D eigenvalue weighted by Gasteiger charge is -2.07. The maximum Gasteiger partial charge on any atom is 0.263 e. The van der Waals surface area contributed by atoms with Gasteiger partial charge in [-0.3, -0.25) is 4.79 Å². The minimum atomic E-state index is -0.416. The fourth-order valence-corrected chi connectivity index (χ4v) is 1.63. The zero-order chi connectivity index (χ0) is 15.7. The number of hydrogen-bond donors (Lipinski definition) is 2. The van der Waals surface area contributed by atoms with Crippen LogP contribution in [0.2, 0.25) is 0 Å². The molecule has 112 valence electrons. The SMILES string of the molecule is COCCNC(=O)/C(C#N)=C\Nc1ccc(C(C)C)cc1. The van der Waals surface area contributed by atoms with Crippen LogP contribution in [0.3, 0.4) is 0 Å². The van der Waals surface area contributed by atoms with Crippen molar-refractivity contribution in [3.05, 3.63) is 41.6 Å². The van der Waals surface area contributed by atoms with Crippen LogP contribution in [0.25, 0.3) is 0 Å². The number of nitrogens with zero attached hydrogens (tertiary/aromatic N) is 1. The number of carbonyl (C=O) groups excluding carboxylic acids is 1. The topological polar surface area (TPSA) is 74.1 Å². The number of rotatable bonds is 7. The number of carbonyl (C=O) groups is 1. The van der Waals surface area contributed by atoms with Gasteiger partial charge in [0.2, 0.25) is 0 Å². The van der Waals surface area contributed by atoms with Gasteiger partial charge in [-0.25, -0.2) is 0 Å².